The zero-order chi connectivity index (χ0) is 8.43. The molecule has 0 saturated carbocycles. The van der Waals surface area contributed by atoms with Crippen LogP contribution >= 0.6 is 27.7 Å². The molecule has 0 fully saturated rings. The van der Waals surface area contributed by atoms with Gasteiger partial charge < -0.3 is 5.11 Å². The number of phenols is 1. The summed E-state index contributed by atoms with van der Waals surface area (Å²) in [6.07, 6.45) is 1.86. The van der Waals surface area contributed by atoms with Crippen LogP contribution in [-0.2, 0) is 0 Å². The number of benzene rings is 1. The van der Waals surface area contributed by atoms with Crippen molar-refractivity contribution in [3.05, 3.63) is 22.4 Å². The van der Waals surface area contributed by atoms with Crippen LogP contribution in [0.25, 0.3) is 0 Å². The fourth-order valence-electron chi connectivity index (χ4n) is 0.680. The van der Waals surface area contributed by atoms with Crippen molar-refractivity contribution in [2.75, 3.05) is 6.26 Å². The molecule has 1 aromatic carbocycles. The van der Waals surface area contributed by atoms with Crippen LogP contribution in [0.5, 0.6) is 5.75 Å². The lowest BCUT2D eigenvalue weighted by atomic mass is 10.3. The summed E-state index contributed by atoms with van der Waals surface area (Å²) in [5.41, 5.74) is 0. The second kappa shape index (κ2) is 3.45. The summed E-state index contributed by atoms with van der Waals surface area (Å²) in [7, 11) is 0. The second-order valence-corrected chi connectivity index (χ2v) is 3.55. The van der Waals surface area contributed by atoms with E-state index in [9.17, 15) is 4.39 Å². The lowest BCUT2D eigenvalue weighted by Gasteiger charge is -2.02. The first kappa shape index (κ1) is 8.87. The monoisotopic (exact) mass is 236 g/mol. The van der Waals surface area contributed by atoms with Gasteiger partial charge in [-0.1, -0.05) is 0 Å². The molecule has 0 aliphatic carbocycles. The molecule has 0 amide bonds. The number of rotatable bonds is 1. The van der Waals surface area contributed by atoms with Gasteiger partial charge in [0.2, 0.25) is 0 Å². The Labute approximate surface area is 76.7 Å². The highest BCUT2D eigenvalue weighted by atomic mass is 79.9. The average Bonchev–Trinajstić information content (AvgIpc) is 2.01. The predicted molar refractivity (Wildman–Crippen MR) is 47.5 cm³/mol. The van der Waals surface area contributed by atoms with Gasteiger partial charge in [-0.3, -0.25) is 0 Å². The molecule has 0 radical (unpaired) electrons. The van der Waals surface area contributed by atoms with Gasteiger partial charge in [-0.25, -0.2) is 4.39 Å². The van der Waals surface area contributed by atoms with Gasteiger partial charge in [0.05, 0.1) is 4.47 Å². The fourth-order valence-corrected chi connectivity index (χ4v) is 1.97. The Balaban J connectivity index is 3.25. The van der Waals surface area contributed by atoms with E-state index in [1.54, 1.807) is 6.07 Å². The van der Waals surface area contributed by atoms with Gasteiger partial charge >= 0.3 is 0 Å². The van der Waals surface area contributed by atoms with Crippen LogP contribution in [0.15, 0.2) is 21.5 Å². The lowest BCUT2D eigenvalue weighted by Crippen LogP contribution is -1.80. The highest BCUT2D eigenvalue weighted by molar-refractivity contribution is 9.10. The maximum absolute atomic E-state index is 12.6. The molecule has 0 aromatic heterocycles. The van der Waals surface area contributed by atoms with E-state index in [0.29, 0.717) is 4.47 Å². The first-order valence-electron chi connectivity index (χ1n) is 2.87. The van der Waals surface area contributed by atoms with Crippen LogP contribution in [0.2, 0.25) is 0 Å². The van der Waals surface area contributed by atoms with Gasteiger partial charge in [0.1, 0.15) is 0 Å². The minimum atomic E-state index is -0.602. The Morgan fingerprint density at radius 2 is 2.18 bits per heavy atom. The van der Waals surface area contributed by atoms with Crippen molar-refractivity contribution in [1.82, 2.24) is 0 Å². The van der Waals surface area contributed by atoms with Crippen LogP contribution in [0.1, 0.15) is 0 Å². The van der Waals surface area contributed by atoms with Crippen LogP contribution in [0.4, 0.5) is 4.39 Å². The molecule has 11 heavy (non-hydrogen) atoms. The molecule has 0 atom stereocenters. The molecule has 0 bridgehead atoms. The minimum absolute atomic E-state index is 0.322. The maximum Gasteiger partial charge on any atom is 0.166 e. The average molecular weight is 237 g/mol. The molecular formula is C7H6BrFOS. The number of hydrogen-bond donors (Lipinski definition) is 1. The van der Waals surface area contributed by atoms with Gasteiger partial charge in [-0.15, -0.1) is 11.8 Å². The summed E-state index contributed by atoms with van der Waals surface area (Å²) < 4.78 is 13.0. The first-order chi connectivity index (χ1) is 5.16. The van der Waals surface area contributed by atoms with Gasteiger partial charge in [0.15, 0.2) is 11.6 Å². The molecule has 4 heteroatoms. The van der Waals surface area contributed by atoms with E-state index in [4.69, 9.17) is 5.11 Å². The van der Waals surface area contributed by atoms with Crippen molar-refractivity contribution in [3.8, 4) is 5.75 Å². The van der Waals surface area contributed by atoms with E-state index in [-0.39, 0.29) is 5.75 Å². The molecular weight excluding hydrogens is 231 g/mol. The molecule has 1 aromatic rings. The third-order valence-electron chi connectivity index (χ3n) is 1.25. The Hall–Kier alpha value is -0.220. The molecule has 0 spiro atoms. The Morgan fingerprint density at radius 1 is 1.55 bits per heavy atom. The van der Waals surface area contributed by atoms with Crippen molar-refractivity contribution in [2.45, 2.75) is 4.90 Å². The van der Waals surface area contributed by atoms with Crippen molar-refractivity contribution >= 4 is 27.7 Å². The van der Waals surface area contributed by atoms with Crippen LogP contribution < -0.4 is 0 Å². The highest BCUT2D eigenvalue weighted by Gasteiger charge is 2.08. The van der Waals surface area contributed by atoms with Crippen LogP contribution in [-0.4, -0.2) is 11.4 Å². The topological polar surface area (TPSA) is 20.2 Å². The van der Waals surface area contributed by atoms with Crippen molar-refractivity contribution in [1.29, 1.82) is 0 Å². The smallest absolute Gasteiger partial charge is 0.166 e. The minimum Gasteiger partial charge on any atom is -0.504 e. The molecule has 0 aliphatic rings. The van der Waals surface area contributed by atoms with E-state index in [2.05, 4.69) is 15.9 Å². The number of hydrogen-bond acceptors (Lipinski definition) is 2. The highest BCUT2D eigenvalue weighted by Crippen LogP contribution is 2.34. The van der Waals surface area contributed by atoms with Gasteiger partial charge in [0.25, 0.3) is 0 Å². The van der Waals surface area contributed by atoms with E-state index < -0.39 is 5.82 Å². The molecule has 60 valence electrons. The normalized spacial score (nSPS) is 10.1. The van der Waals surface area contributed by atoms with Gasteiger partial charge in [0, 0.05) is 4.90 Å². The Morgan fingerprint density at radius 3 is 2.73 bits per heavy atom. The molecule has 1 N–H and O–H groups in total. The first-order valence-corrected chi connectivity index (χ1v) is 4.89. The summed E-state index contributed by atoms with van der Waals surface area (Å²) in [6.45, 7) is 0. The zero-order valence-corrected chi connectivity index (χ0v) is 8.17. The number of aromatic hydroxyl groups is 1. The number of phenolic OH excluding ortho intramolecular Hbond substituents is 1. The summed E-state index contributed by atoms with van der Waals surface area (Å²) >= 11 is 4.53. The molecule has 1 rings (SSSR count). The van der Waals surface area contributed by atoms with Crippen LogP contribution in [0, 0.1) is 5.82 Å². The van der Waals surface area contributed by atoms with E-state index in [0.717, 1.165) is 4.90 Å². The van der Waals surface area contributed by atoms with Crippen LogP contribution in [0.3, 0.4) is 0 Å². The van der Waals surface area contributed by atoms with Crippen molar-refractivity contribution in [2.24, 2.45) is 0 Å². The molecule has 0 heterocycles. The van der Waals surface area contributed by atoms with Gasteiger partial charge in [-0.2, -0.15) is 0 Å². The molecule has 1 nitrogen and oxygen atoms in total. The third kappa shape index (κ3) is 1.68. The maximum atomic E-state index is 12.6. The van der Waals surface area contributed by atoms with Gasteiger partial charge in [-0.05, 0) is 34.3 Å². The van der Waals surface area contributed by atoms with E-state index >= 15 is 0 Å². The third-order valence-corrected chi connectivity index (χ3v) is 3.10. The summed E-state index contributed by atoms with van der Waals surface area (Å²) in [6, 6.07) is 2.86. The van der Waals surface area contributed by atoms with Crippen molar-refractivity contribution in [3.63, 3.8) is 0 Å². The Kier molecular flexibility index (Phi) is 2.78. The molecule has 0 saturated heterocycles. The Bertz CT molecular complexity index is 277. The van der Waals surface area contributed by atoms with E-state index in [1.165, 1.54) is 17.8 Å². The lowest BCUT2D eigenvalue weighted by molar-refractivity contribution is 0.427. The number of thioether (sulfide) groups is 1. The molecule has 0 aliphatic heterocycles. The summed E-state index contributed by atoms with van der Waals surface area (Å²) in [5, 5.41) is 9.08. The largest absolute Gasteiger partial charge is 0.504 e. The van der Waals surface area contributed by atoms with E-state index in [1.807, 2.05) is 6.26 Å². The number of halogens is 2. The standard InChI is InChI=1S/C7H6BrFOS/c1-11-5-3-2-4(9)7(10)6(5)8/h2-3,10H,1H3. The fraction of sp³-hybridized carbons (Fsp3) is 0.143. The quantitative estimate of drug-likeness (QED) is 0.757. The van der Waals surface area contributed by atoms with Crippen molar-refractivity contribution < 1.29 is 9.50 Å². The zero-order valence-electron chi connectivity index (χ0n) is 5.77. The summed E-state index contributed by atoms with van der Waals surface area (Å²) in [5.74, 6) is -0.925. The molecule has 0 unspecified atom stereocenters. The summed E-state index contributed by atoms with van der Waals surface area (Å²) in [4.78, 5) is 0.823. The second-order valence-electron chi connectivity index (χ2n) is 1.91. The predicted octanol–water partition coefficient (Wildman–Crippen LogP) is 3.02. The SMILES string of the molecule is CSc1ccc(F)c(O)c1Br.